The Kier molecular flexibility index (Phi) is 5.10. The lowest BCUT2D eigenvalue weighted by Gasteiger charge is -2.58. The van der Waals surface area contributed by atoms with E-state index in [1.54, 1.807) is 6.08 Å². The predicted molar refractivity (Wildman–Crippen MR) is 111 cm³/mol. The van der Waals surface area contributed by atoms with Crippen molar-refractivity contribution in [2.45, 2.75) is 71.8 Å². The Morgan fingerprint density at radius 3 is 2.71 bits per heavy atom. The van der Waals surface area contributed by atoms with Crippen LogP contribution in [0.15, 0.2) is 35.5 Å². The molecule has 5 unspecified atom stereocenters. The fraction of sp³-hybridized carbons (Fsp3) is 0.720. The van der Waals surface area contributed by atoms with E-state index in [1.165, 1.54) is 43.9 Å². The van der Waals surface area contributed by atoms with Gasteiger partial charge in [-0.1, -0.05) is 50.1 Å². The van der Waals surface area contributed by atoms with Crippen LogP contribution in [-0.2, 0) is 9.53 Å². The molecule has 4 rings (SSSR count). The van der Waals surface area contributed by atoms with Gasteiger partial charge in [-0.2, -0.15) is 0 Å². The zero-order chi connectivity index (χ0) is 20.1. The zero-order valence-corrected chi connectivity index (χ0v) is 17.9. The first kappa shape index (κ1) is 19.9. The molecule has 4 aliphatic carbocycles. The van der Waals surface area contributed by atoms with Crippen LogP contribution in [0.4, 0.5) is 0 Å². The second-order valence-electron chi connectivity index (χ2n) is 10.2. The molecular weight excluding hydrogens is 348 g/mol. The molecule has 0 amide bonds. The number of fused-ring (bicyclic) bond motifs is 5. The number of esters is 1. The largest absolute Gasteiger partial charge is 0.466 e. The molecule has 0 aromatic heterocycles. The number of ether oxygens (including phenoxy) is 1. The van der Waals surface area contributed by atoms with Crippen LogP contribution in [0.1, 0.15) is 65.7 Å². The topological polar surface area (TPSA) is 46.5 Å². The summed E-state index contributed by atoms with van der Waals surface area (Å²) in [7, 11) is 1.43. The molecule has 0 spiro atoms. The maximum absolute atomic E-state index is 11.5. The number of hydrogen-bond acceptors (Lipinski definition) is 3. The van der Waals surface area contributed by atoms with Gasteiger partial charge in [-0.05, 0) is 79.4 Å². The van der Waals surface area contributed by atoms with Crippen molar-refractivity contribution in [2.24, 2.45) is 34.5 Å². The van der Waals surface area contributed by atoms with E-state index >= 15 is 0 Å². The van der Waals surface area contributed by atoms with Crippen molar-refractivity contribution in [1.29, 1.82) is 0 Å². The summed E-state index contributed by atoms with van der Waals surface area (Å²) in [4.78, 5) is 11.5. The van der Waals surface area contributed by atoms with Crippen LogP contribution in [0.5, 0.6) is 0 Å². The molecular formula is C25H36O3. The number of methoxy groups -OCH3 is 1. The van der Waals surface area contributed by atoms with Crippen LogP contribution >= 0.6 is 0 Å². The van der Waals surface area contributed by atoms with Crippen molar-refractivity contribution in [3.8, 4) is 0 Å². The molecule has 7 atom stereocenters. The van der Waals surface area contributed by atoms with Crippen LogP contribution in [0.3, 0.4) is 0 Å². The zero-order valence-electron chi connectivity index (χ0n) is 17.9. The number of aliphatic hydroxyl groups is 1. The highest BCUT2D eigenvalue weighted by atomic mass is 16.5. The van der Waals surface area contributed by atoms with E-state index < -0.39 is 0 Å². The van der Waals surface area contributed by atoms with Gasteiger partial charge in [0, 0.05) is 6.08 Å². The van der Waals surface area contributed by atoms with E-state index in [0.29, 0.717) is 5.41 Å². The van der Waals surface area contributed by atoms with Crippen molar-refractivity contribution < 1.29 is 14.6 Å². The molecule has 2 fully saturated rings. The van der Waals surface area contributed by atoms with Gasteiger partial charge in [0.2, 0.25) is 0 Å². The fourth-order valence-corrected chi connectivity index (χ4v) is 7.41. The number of carbonyl (C=O) groups excluding carboxylic acids is 1. The second kappa shape index (κ2) is 7.16. The molecule has 0 aromatic carbocycles. The predicted octanol–water partition coefficient (Wildman–Crippen LogP) is 5.21. The molecule has 3 nitrogen and oxygen atoms in total. The summed E-state index contributed by atoms with van der Waals surface area (Å²) in [5, 5.41) is 10.1. The van der Waals surface area contributed by atoms with Gasteiger partial charge in [-0.3, -0.25) is 0 Å². The van der Waals surface area contributed by atoms with Gasteiger partial charge in [-0.15, -0.1) is 0 Å². The lowest BCUT2D eigenvalue weighted by Crippen LogP contribution is -2.50. The summed E-state index contributed by atoms with van der Waals surface area (Å²) in [6.07, 6.45) is 16.2. The highest BCUT2D eigenvalue weighted by molar-refractivity contribution is 5.81. The van der Waals surface area contributed by atoms with Gasteiger partial charge in [0.25, 0.3) is 0 Å². The molecule has 28 heavy (non-hydrogen) atoms. The Labute approximate surface area is 169 Å². The van der Waals surface area contributed by atoms with Crippen molar-refractivity contribution in [2.75, 3.05) is 7.11 Å². The van der Waals surface area contributed by atoms with Gasteiger partial charge in [-0.25, -0.2) is 4.79 Å². The lowest BCUT2D eigenvalue weighted by atomic mass is 9.46. The second-order valence-corrected chi connectivity index (χ2v) is 10.2. The normalized spacial score (nSPS) is 43.5. The number of carbonyl (C=O) groups is 1. The standard InChI is InChI=1S/C25H36O3/c1-16(5-10-23(27)28-4)20-8-9-21-19-7-6-17-15-18(26)11-13-24(17,2)22(19)12-14-25(20,21)3/h5,8,10,15-16,18-19,21-22,26H,6-7,9,11-14H2,1-4H3/b10-5+/t16?,18?,19?,21?,22?,24-,25+/m0/s1. The van der Waals surface area contributed by atoms with E-state index in [1.807, 2.05) is 6.08 Å². The molecule has 0 bridgehead atoms. The summed E-state index contributed by atoms with van der Waals surface area (Å²) < 4.78 is 4.77. The molecule has 0 saturated heterocycles. The minimum atomic E-state index is -0.269. The summed E-state index contributed by atoms with van der Waals surface area (Å²) in [6.45, 7) is 7.18. The van der Waals surface area contributed by atoms with Crippen molar-refractivity contribution in [1.82, 2.24) is 0 Å². The molecule has 2 saturated carbocycles. The van der Waals surface area contributed by atoms with E-state index in [9.17, 15) is 9.90 Å². The van der Waals surface area contributed by atoms with Crippen LogP contribution in [0, 0.1) is 34.5 Å². The summed E-state index contributed by atoms with van der Waals surface area (Å²) in [6, 6.07) is 0. The molecule has 154 valence electrons. The third-order valence-corrected chi connectivity index (χ3v) is 8.94. The molecule has 0 heterocycles. The smallest absolute Gasteiger partial charge is 0.330 e. The van der Waals surface area contributed by atoms with Gasteiger partial charge < -0.3 is 9.84 Å². The maximum Gasteiger partial charge on any atom is 0.330 e. The third kappa shape index (κ3) is 3.01. The van der Waals surface area contributed by atoms with E-state index in [0.717, 1.165) is 37.0 Å². The maximum atomic E-state index is 11.5. The number of allylic oxidation sites excluding steroid dienone is 4. The summed E-state index contributed by atoms with van der Waals surface area (Å²) in [5.74, 6) is 2.27. The van der Waals surface area contributed by atoms with Gasteiger partial charge >= 0.3 is 5.97 Å². The third-order valence-electron chi connectivity index (χ3n) is 8.94. The molecule has 1 N–H and O–H groups in total. The summed E-state index contributed by atoms with van der Waals surface area (Å²) >= 11 is 0. The number of hydrogen-bond donors (Lipinski definition) is 1. The average Bonchev–Trinajstić information content (AvgIpc) is 3.03. The minimum absolute atomic E-state index is 0.226. The Bertz CT molecular complexity index is 732. The number of aliphatic hydroxyl groups excluding tert-OH is 1. The van der Waals surface area contributed by atoms with Gasteiger partial charge in [0.15, 0.2) is 0 Å². The Morgan fingerprint density at radius 2 is 1.96 bits per heavy atom. The highest BCUT2D eigenvalue weighted by Crippen LogP contribution is 2.66. The first-order valence-corrected chi connectivity index (χ1v) is 11.2. The van der Waals surface area contributed by atoms with Crippen molar-refractivity contribution in [3.63, 3.8) is 0 Å². The molecule has 0 aromatic rings. The van der Waals surface area contributed by atoms with E-state index in [-0.39, 0.29) is 23.4 Å². The molecule has 4 aliphatic rings. The Balaban J connectivity index is 1.56. The first-order chi connectivity index (χ1) is 13.3. The van der Waals surface area contributed by atoms with E-state index in [2.05, 4.69) is 32.9 Å². The first-order valence-electron chi connectivity index (χ1n) is 11.2. The highest BCUT2D eigenvalue weighted by Gasteiger charge is 2.57. The fourth-order valence-electron chi connectivity index (χ4n) is 7.41. The summed E-state index contributed by atoms with van der Waals surface area (Å²) in [5.41, 5.74) is 3.62. The lowest BCUT2D eigenvalue weighted by molar-refractivity contribution is -0.134. The minimum Gasteiger partial charge on any atom is -0.466 e. The molecule has 0 aliphatic heterocycles. The SMILES string of the molecule is COC(=O)/C=C/C(C)C1=CCC2C3CCC4=CC(O)CC[C@]4(C)C3CC[C@]12C. The Morgan fingerprint density at radius 1 is 1.21 bits per heavy atom. The van der Waals surface area contributed by atoms with Crippen LogP contribution in [-0.4, -0.2) is 24.3 Å². The van der Waals surface area contributed by atoms with Gasteiger partial charge in [0.1, 0.15) is 0 Å². The van der Waals surface area contributed by atoms with Crippen molar-refractivity contribution >= 4 is 5.97 Å². The van der Waals surface area contributed by atoms with Crippen LogP contribution in [0.25, 0.3) is 0 Å². The average molecular weight is 385 g/mol. The van der Waals surface area contributed by atoms with E-state index in [4.69, 9.17) is 4.74 Å². The van der Waals surface area contributed by atoms with Gasteiger partial charge in [0.05, 0.1) is 13.2 Å². The van der Waals surface area contributed by atoms with Crippen LogP contribution < -0.4 is 0 Å². The quantitative estimate of drug-likeness (QED) is 0.413. The molecule has 3 heteroatoms. The number of rotatable bonds is 3. The van der Waals surface area contributed by atoms with Crippen molar-refractivity contribution in [3.05, 3.63) is 35.5 Å². The van der Waals surface area contributed by atoms with Crippen LogP contribution in [0.2, 0.25) is 0 Å². The monoisotopic (exact) mass is 384 g/mol. The molecule has 0 radical (unpaired) electrons. The Hall–Kier alpha value is -1.35.